The van der Waals surface area contributed by atoms with Crippen molar-refractivity contribution >= 4 is 24.3 Å². The molecule has 0 amide bonds. The summed E-state index contributed by atoms with van der Waals surface area (Å²) in [4.78, 5) is 33.4. The van der Waals surface area contributed by atoms with Gasteiger partial charge in [0.05, 0.1) is 0 Å². The number of carbonyl (C=O) groups excluding carboxylic acids is 4. The molecule has 1 rings (SSSR count). The molecule has 1 fully saturated rings. The highest BCUT2D eigenvalue weighted by Gasteiger charge is 2.11. The van der Waals surface area contributed by atoms with Crippen LogP contribution in [-0.2, 0) is 19.2 Å². The zero-order valence-electron chi connectivity index (χ0n) is 12.9. The Morgan fingerprint density at radius 3 is 1.11 bits per heavy atom. The fourth-order valence-corrected chi connectivity index (χ4v) is 1.97. The lowest BCUT2D eigenvalue weighted by Gasteiger charge is -2.20. The number of rotatable bonds is 3. The summed E-state index contributed by atoms with van der Waals surface area (Å²) < 4.78 is 0. The fraction of sp³-hybridized carbons (Fsp3) is 0.800. The summed E-state index contributed by atoms with van der Waals surface area (Å²) in [5.41, 5.74) is 0. The molecule has 0 atom stereocenters. The zero-order chi connectivity index (χ0) is 18.1. The van der Waals surface area contributed by atoms with Crippen LogP contribution in [0.25, 0.3) is 0 Å². The summed E-state index contributed by atoms with van der Waals surface area (Å²) in [6.45, 7) is 2.29. The maximum Gasteiger partial charge on any atom is 0.231 e. The van der Waals surface area contributed by atoms with Gasteiger partial charge in [0.15, 0.2) is 0 Å². The van der Waals surface area contributed by atoms with E-state index < -0.39 is 0 Å². The quantitative estimate of drug-likeness (QED) is 0.287. The van der Waals surface area contributed by atoms with Gasteiger partial charge in [-0.1, -0.05) is 103 Å². The first-order chi connectivity index (χ1) is 10.6. The van der Waals surface area contributed by atoms with E-state index in [2.05, 4.69) is 6.92 Å². The van der Waals surface area contributed by atoms with E-state index in [0.717, 1.165) is 30.2 Å². The lowest BCUT2D eigenvalue weighted by atomic mass is 9.86. The van der Waals surface area contributed by atoms with Gasteiger partial charge in [-0.2, -0.15) is 0 Å². The molecule has 0 bridgehead atoms. The number of hydrogen-bond acceptors (Lipinski definition) is 8. The van der Waals surface area contributed by atoms with Crippen LogP contribution >= 0.6 is 0 Å². The monoisotopic (exact) mass is 408 g/mol. The van der Waals surface area contributed by atoms with Crippen molar-refractivity contribution in [3.8, 4) is 0 Å². The molecule has 0 saturated heterocycles. The van der Waals surface area contributed by atoms with Crippen molar-refractivity contribution in [1.29, 1.82) is 21.6 Å². The largest absolute Gasteiger partial charge is 0.231 e. The van der Waals surface area contributed by atoms with Crippen LogP contribution < -0.4 is 0 Å². The highest BCUT2D eigenvalue weighted by Crippen LogP contribution is 2.27. The van der Waals surface area contributed by atoms with Crippen LogP contribution in [0, 0.1) is 27.6 Å². The third kappa shape index (κ3) is 132. The first-order valence-corrected chi connectivity index (χ1v) is 6.75. The predicted octanol–water partition coefficient (Wildman–Crippen LogP) is 7.18. The van der Waals surface area contributed by atoms with Crippen LogP contribution in [0.5, 0.6) is 0 Å². The molecule has 1 saturated carbocycles. The summed E-state index contributed by atoms with van der Waals surface area (Å²) in [7, 11) is 0. The molecule has 0 spiro atoms. The molecule has 4 N–H and O–H groups in total. The van der Waals surface area contributed by atoms with Crippen molar-refractivity contribution in [3.63, 3.8) is 0 Å². The van der Waals surface area contributed by atoms with E-state index >= 15 is 0 Å². The summed E-state index contributed by atoms with van der Waals surface area (Å²) >= 11 is 0. The minimum absolute atomic E-state index is 0. The van der Waals surface area contributed by atoms with Gasteiger partial charge in [0.25, 0.3) is 0 Å². The summed E-state index contributed by atoms with van der Waals surface area (Å²) in [5, 5.41) is 21.6. The number of hydrogen-bond donors (Lipinski definition) is 4. The molecule has 0 aromatic heterocycles. The average molecular weight is 409 g/mol. The van der Waals surface area contributed by atoms with Gasteiger partial charge in [0, 0.05) is 0 Å². The second kappa shape index (κ2) is 86.5. The average Bonchev–Trinajstić information content (AvgIpc) is 2.49. The van der Waals surface area contributed by atoms with Crippen LogP contribution in [0.4, 0.5) is 0 Å². The van der Waals surface area contributed by atoms with Crippen LogP contribution in [0.1, 0.15) is 103 Å². The van der Waals surface area contributed by atoms with Gasteiger partial charge in [0.2, 0.25) is 24.3 Å². The van der Waals surface area contributed by atoms with Crippen molar-refractivity contribution in [2.45, 2.75) is 103 Å². The minimum atomic E-state index is 0. The second-order valence-electron chi connectivity index (χ2n) is 4.05. The van der Waals surface area contributed by atoms with Crippen LogP contribution in [-0.4, -0.2) is 24.3 Å². The van der Waals surface area contributed by atoms with Gasteiger partial charge in [-0.3, -0.25) is 0 Å². The number of isocyanates is 4. The van der Waals surface area contributed by atoms with Gasteiger partial charge in [0.1, 0.15) is 0 Å². The van der Waals surface area contributed by atoms with Crippen molar-refractivity contribution in [2.75, 3.05) is 0 Å². The fourth-order valence-electron chi connectivity index (χ4n) is 1.97. The molecule has 0 aliphatic heterocycles. The Kier molecular flexibility index (Phi) is 197. The SMILES string of the molecule is C.C.C.C.C.C.CCCCC1CCCCC1.N=C=O.N=C=O.N=C=O.N=C=O. The normalized spacial score (nSPS) is 8.75. The van der Waals surface area contributed by atoms with Gasteiger partial charge in [-0.15, -0.1) is 0 Å². The van der Waals surface area contributed by atoms with Crippen molar-refractivity contribution < 1.29 is 19.2 Å². The molecule has 172 valence electrons. The predicted molar refractivity (Wildman–Crippen MR) is 120 cm³/mol. The Morgan fingerprint density at radius 2 is 0.893 bits per heavy atom. The number of unbranched alkanes of at least 4 members (excludes halogenated alkanes) is 1. The van der Waals surface area contributed by atoms with Gasteiger partial charge < -0.3 is 0 Å². The molecule has 28 heavy (non-hydrogen) atoms. The highest BCUT2D eigenvalue weighted by molar-refractivity contribution is 5.26. The topological polar surface area (TPSA) is 164 Å². The lowest BCUT2D eigenvalue weighted by molar-refractivity contribution is 0.331. The molecule has 0 heterocycles. The number of nitrogens with one attached hydrogen (secondary N) is 4. The first kappa shape index (κ1) is 63.7. The van der Waals surface area contributed by atoms with Crippen LogP contribution in [0.3, 0.4) is 0 Å². The molecular weight excluding hydrogens is 360 g/mol. The van der Waals surface area contributed by atoms with Gasteiger partial charge >= 0.3 is 0 Å². The van der Waals surface area contributed by atoms with Gasteiger partial charge in [-0.25, -0.2) is 40.8 Å². The van der Waals surface area contributed by atoms with Crippen LogP contribution in [0.2, 0.25) is 0 Å². The summed E-state index contributed by atoms with van der Waals surface area (Å²) in [6, 6.07) is 0. The van der Waals surface area contributed by atoms with E-state index in [4.69, 9.17) is 40.8 Å². The standard InChI is InChI=1S/C10H20.4CHNO.6CH4/c1-2-3-7-10-8-5-4-6-9-10;4*2-1-3;;;;;;/h10H,2-9H2,1H3;4*2H;6*1H4. The summed E-state index contributed by atoms with van der Waals surface area (Å²) in [5.74, 6) is 1.11. The maximum atomic E-state index is 8.35. The van der Waals surface area contributed by atoms with E-state index in [1.165, 1.54) is 51.4 Å². The molecule has 1 aliphatic carbocycles. The molecule has 1 aliphatic rings. The third-order valence-corrected chi connectivity index (χ3v) is 2.69. The first-order valence-electron chi connectivity index (χ1n) is 6.75. The van der Waals surface area contributed by atoms with E-state index in [1.807, 2.05) is 0 Å². The van der Waals surface area contributed by atoms with Crippen LogP contribution in [0.15, 0.2) is 0 Å². The van der Waals surface area contributed by atoms with E-state index in [1.54, 1.807) is 0 Å². The maximum absolute atomic E-state index is 8.35. The lowest BCUT2D eigenvalue weighted by Crippen LogP contribution is -2.05. The Hall–Kier alpha value is -2.48. The molecule has 8 nitrogen and oxygen atoms in total. The van der Waals surface area contributed by atoms with Crippen molar-refractivity contribution in [1.82, 2.24) is 0 Å². The van der Waals surface area contributed by atoms with Gasteiger partial charge in [-0.05, 0) is 5.92 Å². The van der Waals surface area contributed by atoms with E-state index in [-0.39, 0.29) is 44.6 Å². The van der Waals surface area contributed by atoms with Crippen molar-refractivity contribution in [3.05, 3.63) is 0 Å². The smallest absolute Gasteiger partial charge is 0.222 e. The molecule has 0 aromatic carbocycles. The van der Waals surface area contributed by atoms with Crippen molar-refractivity contribution in [2.24, 2.45) is 5.92 Å². The summed E-state index contributed by atoms with van der Waals surface area (Å²) in [6.07, 6.45) is 14.9. The molecule has 0 radical (unpaired) electrons. The minimum Gasteiger partial charge on any atom is -0.222 e. The highest BCUT2D eigenvalue weighted by atomic mass is 16.1. The third-order valence-electron chi connectivity index (χ3n) is 2.69. The zero-order valence-corrected chi connectivity index (χ0v) is 12.9. The Labute approximate surface area is 174 Å². The molecule has 0 aromatic rings. The Balaban J connectivity index is -0.0000000197. The second-order valence-corrected chi connectivity index (χ2v) is 4.05. The molecule has 8 heteroatoms. The van der Waals surface area contributed by atoms with E-state index in [0.29, 0.717) is 0 Å². The Bertz CT molecular complexity index is 297. The Morgan fingerprint density at radius 1 is 0.643 bits per heavy atom. The molecule has 0 unspecified atom stereocenters. The van der Waals surface area contributed by atoms with E-state index in [9.17, 15) is 0 Å². The molecular formula is C20H48N4O4.